The Labute approximate surface area is 249 Å². The molecular weight excluding hydrogens is 599 g/mol. The first kappa shape index (κ1) is 24.9. The number of fused-ring (bicyclic) bond motifs is 3. The maximum absolute atomic E-state index is 2.56. The van der Waals surface area contributed by atoms with Gasteiger partial charge in [0.15, 0.2) is 0 Å². The minimum absolute atomic E-state index is 0.517. The minimum atomic E-state index is 0.517. The fourth-order valence-corrected chi connectivity index (χ4v) is 6.77. The summed E-state index contributed by atoms with van der Waals surface area (Å²) in [5, 5.41) is 4.93. The van der Waals surface area contributed by atoms with Crippen LogP contribution in [0.3, 0.4) is 0 Å². The van der Waals surface area contributed by atoms with E-state index >= 15 is 0 Å². The first-order chi connectivity index (χ1) is 19.7. The van der Waals surface area contributed by atoms with E-state index in [-0.39, 0.29) is 0 Å². The highest BCUT2D eigenvalue weighted by Crippen LogP contribution is 2.44. The molecule has 0 aromatic heterocycles. The molecule has 0 saturated carbocycles. The summed E-state index contributed by atoms with van der Waals surface area (Å²) in [6.07, 6.45) is 5.67. The Morgan fingerprint density at radius 3 is 1.75 bits per heavy atom. The van der Waals surface area contributed by atoms with Crippen molar-refractivity contribution in [2.45, 2.75) is 10.3 Å². The van der Waals surface area contributed by atoms with Gasteiger partial charge in [-0.15, -0.1) is 0 Å². The Morgan fingerprint density at radius 1 is 0.575 bits per heavy atom. The molecule has 3 heteroatoms. The van der Waals surface area contributed by atoms with Crippen LogP contribution in [0.1, 0.15) is 21.5 Å². The Morgan fingerprint density at radius 2 is 1.10 bits per heavy atom. The smallest absolute Gasteiger partial charge is 0.0540 e. The van der Waals surface area contributed by atoms with Gasteiger partial charge in [-0.3, -0.25) is 0 Å². The molecule has 0 aliphatic heterocycles. The molecule has 1 unspecified atom stereocenters. The highest BCUT2D eigenvalue weighted by Gasteiger charge is 2.20. The number of alkyl halides is 1. The predicted molar refractivity (Wildman–Crippen MR) is 181 cm³/mol. The maximum atomic E-state index is 2.56. The summed E-state index contributed by atoms with van der Waals surface area (Å²) >= 11 is 2.56. The molecule has 0 bridgehead atoms. The van der Waals surface area contributed by atoms with Crippen LogP contribution in [0.4, 0.5) is 28.4 Å². The normalized spacial score (nSPS) is 14.3. The van der Waals surface area contributed by atoms with Crippen molar-refractivity contribution in [2.24, 2.45) is 0 Å². The summed E-state index contributed by atoms with van der Waals surface area (Å²) in [7, 11) is 2.17. The average Bonchev–Trinajstić information content (AvgIpc) is 3.01. The molecule has 0 amide bonds. The van der Waals surface area contributed by atoms with E-state index in [0.717, 1.165) is 17.8 Å². The topological polar surface area (TPSA) is 6.48 Å². The second-order valence-corrected chi connectivity index (χ2v) is 11.8. The summed E-state index contributed by atoms with van der Waals surface area (Å²) in [4.78, 5) is 4.71. The molecule has 0 spiro atoms. The van der Waals surface area contributed by atoms with Gasteiger partial charge in [0.25, 0.3) is 0 Å². The molecular formula is C37H29IN2. The third kappa shape index (κ3) is 4.35. The van der Waals surface area contributed by atoms with Gasteiger partial charge in [-0.25, -0.2) is 0 Å². The quantitative estimate of drug-likeness (QED) is 0.138. The zero-order valence-corrected chi connectivity index (χ0v) is 24.5. The first-order valence-corrected chi connectivity index (χ1v) is 15.0. The van der Waals surface area contributed by atoms with Crippen molar-refractivity contribution in [3.05, 3.63) is 145 Å². The lowest BCUT2D eigenvalue weighted by atomic mass is 9.95. The van der Waals surface area contributed by atoms with Crippen molar-refractivity contribution in [3.63, 3.8) is 0 Å². The van der Waals surface area contributed by atoms with E-state index in [4.69, 9.17) is 0 Å². The number of benzene rings is 6. The molecule has 1 aliphatic carbocycles. The van der Waals surface area contributed by atoms with Crippen molar-refractivity contribution >= 4 is 78.6 Å². The number of halogens is 1. The molecule has 0 N–H and O–H groups in total. The molecule has 1 aliphatic rings. The summed E-state index contributed by atoms with van der Waals surface area (Å²) in [5.74, 6) is 0. The number of hydrogen-bond donors (Lipinski definition) is 0. The summed E-state index contributed by atoms with van der Waals surface area (Å²) < 4.78 is 0.517. The number of hydrogen-bond acceptors (Lipinski definition) is 2. The predicted octanol–water partition coefficient (Wildman–Crippen LogP) is 11.1. The Balaban J connectivity index is 1.36. The van der Waals surface area contributed by atoms with Crippen molar-refractivity contribution in [3.8, 4) is 0 Å². The van der Waals surface area contributed by atoms with Gasteiger partial charge in [-0.1, -0.05) is 120 Å². The second kappa shape index (κ2) is 10.5. The average molecular weight is 629 g/mol. The van der Waals surface area contributed by atoms with Crippen LogP contribution in [-0.4, -0.2) is 7.05 Å². The Kier molecular flexibility index (Phi) is 6.52. The first-order valence-electron chi connectivity index (χ1n) is 13.7. The Bertz CT molecular complexity index is 1780. The van der Waals surface area contributed by atoms with Gasteiger partial charge >= 0.3 is 0 Å². The van der Waals surface area contributed by atoms with Gasteiger partial charge in [0, 0.05) is 44.4 Å². The van der Waals surface area contributed by atoms with Gasteiger partial charge in [0.05, 0.1) is 11.4 Å². The molecule has 1 atom stereocenters. The molecule has 7 rings (SSSR count). The van der Waals surface area contributed by atoms with E-state index in [1.54, 1.807) is 0 Å². The SMILES string of the molecule is CN(c1ccc(N(c2cccc3ccccc23)c2cccc3ccccc23)cc1)c1cccc2c1C=CCC2I. The number of rotatable bonds is 5. The molecule has 6 aromatic rings. The van der Waals surface area contributed by atoms with Gasteiger partial charge in [0.2, 0.25) is 0 Å². The minimum Gasteiger partial charge on any atom is -0.344 e. The van der Waals surface area contributed by atoms with E-state index in [2.05, 4.69) is 179 Å². The fourth-order valence-electron chi connectivity index (χ4n) is 5.93. The van der Waals surface area contributed by atoms with Crippen molar-refractivity contribution in [1.82, 2.24) is 0 Å². The zero-order valence-electron chi connectivity index (χ0n) is 22.3. The van der Waals surface area contributed by atoms with E-state index in [1.807, 2.05) is 0 Å². The molecule has 6 aromatic carbocycles. The second-order valence-electron chi connectivity index (χ2n) is 10.3. The van der Waals surface area contributed by atoms with Crippen LogP contribution in [0, 0.1) is 0 Å². The van der Waals surface area contributed by atoms with Crippen LogP contribution in [-0.2, 0) is 0 Å². The lowest BCUT2D eigenvalue weighted by Crippen LogP contribution is -2.14. The van der Waals surface area contributed by atoms with Crippen LogP contribution in [0.5, 0.6) is 0 Å². The van der Waals surface area contributed by atoms with E-state index in [9.17, 15) is 0 Å². The summed E-state index contributed by atoms with van der Waals surface area (Å²) in [6.45, 7) is 0. The molecule has 0 fully saturated rings. The monoisotopic (exact) mass is 628 g/mol. The summed E-state index contributed by atoms with van der Waals surface area (Å²) in [5.41, 5.74) is 8.62. The van der Waals surface area contributed by atoms with Crippen LogP contribution in [0.2, 0.25) is 0 Å². The van der Waals surface area contributed by atoms with Gasteiger partial charge in [-0.2, -0.15) is 0 Å². The standard InChI is InChI=1S/C37H29IN2/c1-39(35-19-9-16-32-33(35)17-8-18-34(32)38)28-22-24-29(25-23-28)40(36-20-6-12-26-10-2-4-14-30(26)36)37-21-7-13-27-11-3-5-15-31(27)37/h2-17,19-25,34H,18H2,1H3. The van der Waals surface area contributed by atoms with Crippen LogP contribution in [0.15, 0.2) is 133 Å². The summed E-state index contributed by atoms with van der Waals surface area (Å²) in [6, 6.07) is 46.1. The van der Waals surface area contributed by atoms with E-state index in [1.165, 1.54) is 49.7 Å². The third-order valence-electron chi connectivity index (χ3n) is 7.95. The zero-order chi connectivity index (χ0) is 27.1. The molecule has 0 heterocycles. The highest BCUT2D eigenvalue weighted by molar-refractivity contribution is 14.1. The van der Waals surface area contributed by atoms with Gasteiger partial charge in [-0.05, 0) is 65.2 Å². The molecule has 194 valence electrons. The number of anilines is 5. The number of allylic oxidation sites excluding steroid dienone is 1. The van der Waals surface area contributed by atoms with Crippen molar-refractivity contribution < 1.29 is 0 Å². The van der Waals surface area contributed by atoms with Crippen molar-refractivity contribution in [2.75, 3.05) is 16.8 Å². The van der Waals surface area contributed by atoms with Gasteiger partial charge < -0.3 is 9.80 Å². The third-order valence-corrected chi connectivity index (χ3v) is 9.13. The highest BCUT2D eigenvalue weighted by atomic mass is 127. The lowest BCUT2D eigenvalue weighted by Gasteiger charge is -2.29. The molecule has 40 heavy (non-hydrogen) atoms. The molecule has 0 radical (unpaired) electrons. The lowest BCUT2D eigenvalue weighted by molar-refractivity contribution is 0.988. The maximum Gasteiger partial charge on any atom is 0.0540 e. The van der Waals surface area contributed by atoms with Crippen LogP contribution in [0.25, 0.3) is 27.6 Å². The largest absolute Gasteiger partial charge is 0.344 e. The fraction of sp³-hybridized carbons (Fsp3) is 0.0811. The number of nitrogens with zero attached hydrogens (tertiary/aromatic N) is 2. The van der Waals surface area contributed by atoms with E-state index < -0.39 is 0 Å². The molecule has 0 saturated heterocycles. The molecule has 2 nitrogen and oxygen atoms in total. The Hall–Kier alpha value is -4.09. The van der Waals surface area contributed by atoms with Crippen molar-refractivity contribution in [1.29, 1.82) is 0 Å². The van der Waals surface area contributed by atoms with Gasteiger partial charge in [0.1, 0.15) is 0 Å². The van der Waals surface area contributed by atoms with E-state index in [0.29, 0.717) is 3.92 Å². The van der Waals surface area contributed by atoms with Crippen LogP contribution < -0.4 is 9.80 Å². The van der Waals surface area contributed by atoms with Crippen LogP contribution >= 0.6 is 22.6 Å².